The summed E-state index contributed by atoms with van der Waals surface area (Å²) in [7, 11) is 1.51. The van der Waals surface area contributed by atoms with E-state index in [0.29, 0.717) is 6.42 Å². The van der Waals surface area contributed by atoms with Gasteiger partial charge in [0.15, 0.2) is 0 Å². The van der Waals surface area contributed by atoms with E-state index in [1.807, 2.05) is 30.3 Å². The molecule has 2 unspecified atom stereocenters. The molecule has 1 aliphatic rings. The van der Waals surface area contributed by atoms with Crippen LogP contribution in [0.3, 0.4) is 0 Å². The van der Waals surface area contributed by atoms with Crippen molar-refractivity contribution in [2.75, 3.05) is 13.7 Å². The van der Waals surface area contributed by atoms with Gasteiger partial charge in [-0.05, 0) is 26.3 Å². The van der Waals surface area contributed by atoms with Gasteiger partial charge in [-0.2, -0.15) is 0 Å². The minimum atomic E-state index is -0.596. The number of carbonyl (C=O) groups excluding carboxylic acids is 2. The smallest absolute Gasteiger partial charge is 0.412 e. The molecular weight excluding hydrogens is 310 g/mol. The lowest BCUT2D eigenvalue weighted by Crippen LogP contribution is -2.40. The first-order valence-corrected chi connectivity index (χ1v) is 8.03. The first kappa shape index (κ1) is 18.3. The lowest BCUT2D eigenvalue weighted by Gasteiger charge is -2.27. The van der Waals surface area contributed by atoms with Crippen LogP contribution in [0, 0.1) is 5.92 Å². The van der Waals surface area contributed by atoms with Gasteiger partial charge in [-0.3, -0.25) is 9.69 Å². The Hall–Kier alpha value is -2.08. The van der Waals surface area contributed by atoms with Crippen molar-refractivity contribution >= 4 is 12.1 Å². The van der Waals surface area contributed by atoms with Crippen LogP contribution >= 0.6 is 0 Å². The number of rotatable bonds is 4. The maximum absolute atomic E-state index is 12.3. The van der Waals surface area contributed by atoms with E-state index < -0.39 is 23.8 Å². The zero-order valence-electron chi connectivity index (χ0n) is 14.7. The quantitative estimate of drug-likeness (QED) is 0.792. The molecule has 1 aromatic carbocycles. The van der Waals surface area contributed by atoms with Gasteiger partial charge in [0.2, 0.25) is 0 Å². The number of ether oxygens (including phenoxy) is 3. The van der Waals surface area contributed by atoms with Crippen molar-refractivity contribution in [3.8, 4) is 0 Å². The summed E-state index contributed by atoms with van der Waals surface area (Å²) < 4.78 is 16.0. The van der Waals surface area contributed by atoms with Crippen LogP contribution in [0.15, 0.2) is 30.3 Å². The third-order valence-electron chi connectivity index (χ3n) is 3.71. The molecule has 0 spiro atoms. The van der Waals surface area contributed by atoms with Gasteiger partial charge in [0, 0.05) is 20.1 Å². The van der Waals surface area contributed by atoms with Crippen LogP contribution in [0.1, 0.15) is 32.8 Å². The molecule has 24 heavy (non-hydrogen) atoms. The first-order valence-electron chi connectivity index (χ1n) is 8.03. The number of likely N-dealkylation sites (tertiary alicyclic amines) is 1. The summed E-state index contributed by atoms with van der Waals surface area (Å²) in [5.41, 5.74) is 0.331. The Morgan fingerprint density at radius 2 is 1.88 bits per heavy atom. The van der Waals surface area contributed by atoms with Crippen LogP contribution in [-0.4, -0.2) is 42.4 Å². The van der Waals surface area contributed by atoms with Gasteiger partial charge in [0.1, 0.15) is 18.4 Å². The van der Waals surface area contributed by atoms with Crippen molar-refractivity contribution < 1.29 is 23.8 Å². The Kier molecular flexibility index (Phi) is 5.83. The Bertz CT molecular complexity index is 567. The zero-order valence-corrected chi connectivity index (χ0v) is 14.7. The van der Waals surface area contributed by atoms with E-state index in [0.717, 1.165) is 5.56 Å². The molecule has 132 valence electrons. The minimum Gasteiger partial charge on any atom is -0.461 e. The number of hydrogen-bond donors (Lipinski definition) is 0. The number of amides is 1. The molecule has 6 heteroatoms. The maximum atomic E-state index is 12.3. The van der Waals surface area contributed by atoms with Crippen LogP contribution in [-0.2, 0) is 25.6 Å². The van der Waals surface area contributed by atoms with Gasteiger partial charge in [0.05, 0.1) is 5.92 Å². The van der Waals surface area contributed by atoms with Gasteiger partial charge in [-0.1, -0.05) is 30.3 Å². The van der Waals surface area contributed by atoms with Crippen molar-refractivity contribution in [1.82, 2.24) is 4.90 Å². The molecule has 1 saturated heterocycles. The second-order valence-electron chi connectivity index (χ2n) is 6.85. The largest absolute Gasteiger partial charge is 0.461 e. The maximum Gasteiger partial charge on any atom is 0.412 e. The topological polar surface area (TPSA) is 65.1 Å². The Balaban J connectivity index is 1.92. The summed E-state index contributed by atoms with van der Waals surface area (Å²) in [6.45, 7) is 5.86. The average molecular weight is 335 g/mol. The lowest BCUT2D eigenvalue weighted by atomic mass is 10.1. The zero-order chi connectivity index (χ0) is 17.7. The highest BCUT2D eigenvalue weighted by Gasteiger charge is 2.41. The van der Waals surface area contributed by atoms with Crippen LogP contribution < -0.4 is 0 Å². The highest BCUT2D eigenvalue weighted by molar-refractivity contribution is 5.76. The number of benzene rings is 1. The normalized spacial score (nSPS) is 20.8. The van der Waals surface area contributed by atoms with E-state index in [9.17, 15) is 9.59 Å². The van der Waals surface area contributed by atoms with Gasteiger partial charge < -0.3 is 14.2 Å². The van der Waals surface area contributed by atoms with Crippen molar-refractivity contribution in [2.24, 2.45) is 5.92 Å². The summed E-state index contributed by atoms with van der Waals surface area (Å²) >= 11 is 0. The fraction of sp³-hybridized carbons (Fsp3) is 0.556. The van der Waals surface area contributed by atoms with Crippen LogP contribution in [0.2, 0.25) is 0 Å². The highest BCUT2D eigenvalue weighted by atomic mass is 16.6. The molecule has 1 fully saturated rings. The highest BCUT2D eigenvalue weighted by Crippen LogP contribution is 2.27. The number of hydrogen-bond acceptors (Lipinski definition) is 5. The molecule has 0 N–H and O–H groups in total. The second kappa shape index (κ2) is 7.66. The molecule has 1 amide bonds. The molecule has 2 rings (SSSR count). The summed E-state index contributed by atoms with van der Waals surface area (Å²) in [6.07, 6.45) is -0.551. The fourth-order valence-corrected chi connectivity index (χ4v) is 2.55. The predicted molar refractivity (Wildman–Crippen MR) is 88.1 cm³/mol. The van der Waals surface area contributed by atoms with Crippen LogP contribution in [0.4, 0.5) is 4.79 Å². The second-order valence-corrected chi connectivity index (χ2v) is 6.85. The number of methoxy groups -OCH3 is 1. The lowest BCUT2D eigenvalue weighted by molar-refractivity contribution is -0.149. The average Bonchev–Trinajstić information content (AvgIpc) is 2.96. The summed E-state index contributed by atoms with van der Waals surface area (Å²) in [5.74, 6) is -0.738. The standard InChI is InChI=1S/C18H25NO5/c1-18(2,3)24-17(21)19-11-14(10-15(19)22-4)16(20)23-12-13-8-6-5-7-9-13/h5-9,14-15H,10-12H2,1-4H3. The van der Waals surface area contributed by atoms with E-state index in [2.05, 4.69) is 0 Å². The monoisotopic (exact) mass is 335 g/mol. The summed E-state index contributed by atoms with van der Waals surface area (Å²) in [4.78, 5) is 26.0. The van der Waals surface area contributed by atoms with E-state index in [-0.39, 0.29) is 19.1 Å². The van der Waals surface area contributed by atoms with Crippen LogP contribution in [0.25, 0.3) is 0 Å². The van der Waals surface area contributed by atoms with Crippen molar-refractivity contribution in [1.29, 1.82) is 0 Å². The van der Waals surface area contributed by atoms with Crippen molar-refractivity contribution in [3.63, 3.8) is 0 Å². The molecule has 0 aliphatic carbocycles. The molecule has 1 heterocycles. The molecule has 0 saturated carbocycles. The first-order chi connectivity index (χ1) is 11.3. The van der Waals surface area contributed by atoms with Crippen LogP contribution in [0.5, 0.6) is 0 Å². The van der Waals surface area contributed by atoms with Gasteiger partial charge in [-0.25, -0.2) is 4.79 Å². The van der Waals surface area contributed by atoms with E-state index >= 15 is 0 Å². The van der Waals surface area contributed by atoms with Crippen molar-refractivity contribution in [2.45, 2.75) is 45.6 Å². The summed E-state index contributed by atoms with van der Waals surface area (Å²) in [6, 6.07) is 9.48. The van der Waals surface area contributed by atoms with Gasteiger partial charge >= 0.3 is 12.1 Å². The Labute approximate surface area is 142 Å². The summed E-state index contributed by atoms with van der Waals surface area (Å²) in [5, 5.41) is 0. The fourth-order valence-electron chi connectivity index (χ4n) is 2.55. The molecule has 1 aliphatic heterocycles. The molecule has 2 atom stereocenters. The van der Waals surface area contributed by atoms with Gasteiger partial charge in [0.25, 0.3) is 0 Å². The number of carbonyl (C=O) groups is 2. The van der Waals surface area contributed by atoms with Gasteiger partial charge in [-0.15, -0.1) is 0 Å². The molecule has 1 aromatic rings. The Morgan fingerprint density at radius 3 is 2.46 bits per heavy atom. The molecule has 0 bridgehead atoms. The molecule has 0 aromatic heterocycles. The molecule has 6 nitrogen and oxygen atoms in total. The van der Waals surface area contributed by atoms with E-state index in [1.54, 1.807) is 20.8 Å². The minimum absolute atomic E-state index is 0.222. The molecular formula is C18H25NO5. The molecule has 0 radical (unpaired) electrons. The third-order valence-corrected chi connectivity index (χ3v) is 3.71. The predicted octanol–water partition coefficient (Wildman–Crippen LogP) is 2.96. The SMILES string of the molecule is COC1CC(C(=O)OCc2ccccc2)CN1C(=O)OC(C)(C)C. The number of nitrogens with zero attached hydrogens (tertiary/aromatic N) is 1. The number of esters is 1. The van der Waals surface area contributed by atoms with E-state index in [1.165, 1.54) is 12.0 Å². The third kappa shape index (κ3) is 4.96. The Morgan fingerprint density at radius 1 is 1.21 bits per heavy atom. The van der Waals surface area contributed by atoms with Crippen molar-refractivity contribution in [3.05, 3.63) is 35.9 Å². The van der Waals surface area contributed by atoms with E-state index in [4.69, 9.17) is 14.2 Å².